The Bertz CT molecular complexity index is 382. The highest BCUT2D eigenvalue weighted by molar-refractivity contribution is 5.92. The molecule has 0 atom stereocenters. The van der Waals surface area contributed by atoms with Gasteiger partial charge in [-0.25, -0.2) is 0 Å². The van der Waals surface area contributed by atoms with Crippen molar-refractivity contribution in [3.05, 3.63) is 21.9 Å². The minimum atomic E-state index is -0.584. The number of nitro groups is 1. The molecule has 1 aromatic rings. The van der Waals surface area contributed by atoms with Crippen molar-refractivity contribution in [1.82, 2.24) is 14.7 Å². The van der Waals surface area contributed by atoms with E-state index in [9.17, 15) is 14.9 Å². The Morgan fingerprint density at radius 3 is 2.57 bits per heavy atom. The maximum Gasteiger partial charge on any atom is 0.345 e. The molecule has 0 fully saturated rings. The molecule has 0 aliphatic carbocycles. The van der Waals surface area contributed by atoms with Gasteiger partial charge >= 0.3 is 5.82 Å². The maximum absolute atomic E-state index is 11.4. The molecule has 0 N–H and O–H groups in total. The number of carbonyl (C=O) groups is 1. The fraction of sp³-hybridized carbons (Fsp3) is 0.429. The second-order valence-electron chi connectivity index (χ2n) is 2.97. The van der Waals surface area contributed by atoms with Gasteiger partial charge in [-0.1, -0.05) is 5.10 Å². The van der Waals surface area contributed by atoms with Gasteiger partial charge in [0.15, 0.2) is 5.69 Å². The lowest BCUT2D eigenvalue weighted by atomic mass is 10.4. The number of amides is 1. The van der Waals surface area contributed by atoms with E-state index >= 15 is 0 Å². The molecule has 1 rings (SSSR count). The Morgan fingerprint density at radius 2 is 2.21 bits per heavy atom. The van der Waals surface area contributed by atoms with Crippen LogP contribution in [0.5, 0.6) is 0 Å². The van der Waals surface area contributed by atoms with E-state index in [4.69, 9.17) is 0 Å². The molecule has 0 spiro atoms. The van der Waals surface area contributed by atoms with Crippen LogP contribution in [0.25, 0.3) is 0 Å². The Kier molecular flexibility index (Phi) is 2.50. The van der Waals surface area contributed by atoms with Crippen molar-refractivity contribution < 1.29 is 9.72 Å². The summed E-state index contributed by atoms with van der Waals surface area (Å²) in [6.45, 7) is 0. The average Bonchev–Trinajstić information content (AvgIpc) is 2.45. The van der Waals surface area contributed by atoms with Gasteiger partial charge in [0.05, 0.1) is 6.07 Å². The summed E-state index contributed by atoms with van der Waals surface area (Å²) in [5.74, 6) is -0.552. The highest BCUT2D eigenvalue weighted by Crippen LogP contribution is 2.12. The van der Waals surface area contributed by atoms with Crippen LogP contribution in [0.4, 0.5) is 5.82 Å². The number of nitrogens with zero attached hydrogens (tertiary/aromatic N) is 4. The van der Waals surface area contributed by atoms with E-state index in [0.717, 1.165) is 10.7 Å². The molecule has 76 valence electrons. The van der Waals surface area contributed by atoms with Crippen LogP contribution in [-0.4, -0.2) is 39.6 Å². The van der Waals surface area contributed by atoms with Gasteiger partial charge in [-0.15, -0.1) is 4.68 Å². The molecule has 1 aromatic heterocycles. The van der Waals surface area contributed by atoms with Gasteiger partial charge in [0.2, 0.25) is 0 Å². The highest BCUT2D eigenvalue weighted by atomic mass is 16.6. The topological polar surface area (TPSA) is 81.3 Å². The van der Waals surface area contributed by atoms with Gasteiger partial charge in [0, 0.05) is 14.1 Å². The van der Waals surface area contributed by atoms with E-state index in [0.29, 0.717) is 0 Å². The molecule has 14 heavy (non-hydrogen) atoms. The van der Waals surface area contributed by atoms with Crippen LogP contribution in [0.15, 0.2) is 6.07 Å². The number of aromatic nitrogens is 2. The molecule has 0 saturated carbocycles. The summed E-state index contributed by atoms with van der Waals surface area (Å²) in [6, 6.07) is 1.16. The third kappa shape index (κ3) is 1.70. The van der Waals surface area contributed by atoms with Crippen LogP contribution < -0.4 is 0 Å². The molecular weight excluding hydrogens is 188 g/mol. The Labute approximate surface area is 80.1 Å². The van der Waals surface area contributed by atoms with Crippen molar-refractivity contribution >= 4 is 11.7 Å². The fourth-order valence-electron chi connectivity index (χ4n) is 0.962. The lowest BCUT2D eigenvalue weighted by Gasteiger charge is -2.05. The van der Waals surface area contributed by atoms with Gasteiger partial charge in [-0.05, 0) is 4.92 Å². The summed E-state index contributed by atoms with van der Waals surface area (Å²) in [7, 11) is 4.54. The van der Waals surface area contributed by atoms with E-state index < -0.39 is 4.92 Å². The zero-order chi connectivity index (χ0) is 10.9. The largest absolute Gasteiger partial charge is 0.358 e. The molecule has 0 unspecified atom stereocenters. The van der Waals surface area contributed by atoms with Crippen molar-refractivity contribution in [2.45, 2.75) is 0 Å². The van der Waals surface area contributed by atoms with Crippen LogP contribution in [0.1, 0.15) is 10.5 Å². The number of carbonyl (C=O) groups excluding carboxylic acids is 1. The van der Waals surface area contributed by atoms with Crippen LogP contribution in [-0.2, 0) is 7.05 Å². The molecule has 0 aromatic carbocycles. The third-order valence-electron chi connectivity index (χ3n) is 1.67. The number of hydrogen-bond donors (Lipinski definition) is 0. The Morgan fingerprint density at radius 1 is 1.64 bits per heavy atom. The zero-order valence-corrected chi connectivity index (χ0v) is 8.09. The van der Waals surface area contributed by atoms with Crippen molar-refractivity contribution in [3.63, 3.8) is 0 Å². The second-order valence-corrected chi connectivity index (χ2v) is 2.97. The molecule has 0 saturated heterocycles. The molecule has 0 aliphatic rings. The first-order valence-corrected chi connectivity index (χ1v) is 3.83. The standard InChI is InChI=1S/C7H10N4O3/c1-9(2)7(12)5-4-6(11(13)14)10(3)8-5/h4H,1-3H3. The van der Waals surface area contributed by atoms with Gasteiger partial charge in [-0.2, -0.15) is 0 Å². The van der Waals surface area contributed by atoms with Crippen molar-refractivity contribution in [3.8, 4) is 0 Å². The normalized spacial score (nSPS) is 9.93. The van der Waals surface area contributed by atoms with Crippen molar-refractivity contribution in [2.75, 3.05) is 14.1 Å². The Balaban J connectivity index is 3.09. The number of hydrogen-bond acceptors (Lipinski definition) is 4. The molecule has 0 bridgehead atoms. The predicted molar refractivity (Wildman–Crippen MR) is 47.9 cm³/mol. The average molecular weight is 198 g/mol. The van der Waals surface area contributed by atoms with E-state index in [1.54, 1.807) is 14.1 Å². The van der Waals surface area contributed by atoms with Crippen molar-refractivity contribution in [1.29, 1.82) is 0 Å². The second kappa shape index (κ2) is 3.44. The summed E-state index contributed by atoms with van der Waals surface area (Å²) in [5.41, 5.74) is 0.0733. The first-order valence-electron chi connectivity index (χ1n) is 3.83. The van der Waals surface area contributed by atoms with Gasteiger partial charge < -0.3 is 15.0 Å². The van der Waals surface area contributed by atoms with E-state index in [2.05, 4.69) is 5.10 Å². The Hall–Kier alpha value is -1.92. The highest BCUT2D eigenvalue weighted by Gasteiger charge is 2.20. The van der Waals surface area contributed by atoms with Crippen LogP contribution >= 0.6 is 0 Å². The molecule has 1 heterocycles. The quantitative estimate of drug-likeness (QED) is 0.496. The van der Waals surface area contributed by atoms with E-state index in [1.165, 1.54) is 11.9 Å². The molecular formula is C7H10N4O3. The minimum Gasteiger partial charge on any atom is -0.358 e. The van der Waals surface area contributed by atoms with Gasteiger partial charge in [0.25, 0.3) is 5.91 Å². The van der Waals surface area contributed by atoms with Gasteiger partial charge in [-0.3, -0.25) is 4.79 Å². The van der Waals surface area contributed by atoms with Crippen LogP contribution in [0, 0.1) is 10.1 Å². The molecule has 7 nitrogen and oxygen atoms in total. The summed E-state index contributed by atoms with van der Waals surface area (Å²) in [4.78, 5) is 22.5. The minimum absolute atomic E-state index is 0.0733. The van der Waals surface area contributed by atoms with Crippen LogP contribution in [0.3, 0.4) is 0 Å². The maximum atomic E-state index is 11.4. The number of rotatable bonds is 2. The lowest BCUT2D eigenvalue weighted by Crippen LogP contribution is -2.22. The molecule has 0 radical (unpaired) electrons. The summed E-state index contributed by atoms with van der Waals surface area (Å²) >= 11 is 0. The summed E-state index contributed by atoms with van der Waals surface area (Å²) in [5, 5.41) is 14.2. The first-order chi connectivity index (χ1) is 6.43. The SMILES string of the molecule is CN(C)C(=O)c1cc([N+](=O)[O-])n(C)n1. The van der Waals surface area contributed by atoms with Gasteiger partial charge in [0.1, 0.15) is 7.05 Å². The first kappa shape index (κ1) is 10.2. The molecule has 0 aliphatic heterocycles. The summed E-state index contributed by atoms with van der Waals surface area (Å²) in [6.07, 6.45) is 0. The fourth-order valence-corrected chi connectivity index (χ4v) is 0.962. The number of aryl methyl sites for hydroxylation is 1. The monoisotopic (exact) mass is 198 g/mol. The van der Waals surface area contributed by atoms with Crippen LogP contribution in [0.2, 0.25) is 0 Å². The van der Waals surface area contributed by atoms with E-state index in [-0.39, 0.29) is 17.4 Å². The van der Waals surface area contributed by atoms with E-state index in [1.807, 2.05) is 0 Å². The smallest absolute Gasteiger partial charge is 0.345 e. The molecule has 1 amide bonds. The van der Waals surface area contributed by atoms with Crippen molar-refractivity contribution in [2.24, 2.45) is 7.05 Å². The third-order valence-corrected chi connectivity index (χ3v) is 1.67. The predicted octanol–water partition coefficient (Wildman–Crippen LogP) is 0.0301. The summed E-state index contributed by atoms with van der Waals surface area (Å²) < 4.78 is 1.07. The molecule has 7 heteroatoms. The lowest BCUT2D eigenvalue weighted by molar-refractivity contribution is -0.392. The zero-order valence-electron chi connectivity index (χ0n) is 8.09.